The molecule has 2 aromatic heterocycles. The fourth-order valence-corrected chi connectivity index (χ4v) is 5.11. The second-order valence-corrected chi connectivity index (χ2v) is 8.13. The standard InChI is InChI=1S/C18H25NS2/c1-14(15-8-4-2-3-5-9-15)19-18(16-10-6-12-20-16)17-11-7-13-21-17/h6-7,10-15,18-19H,2-5,8-9H2,1H3/t14-/m0/s1. The molecule has 1 fully saturated rings. The van der Waals surface area contributed by atoms with E-state index in [1.54, 1.807) is 0 Å². The van der Waals surface area contributed by atoms with Crippen LogP contribution in [0.3, 0.4) is 0 Å². The lowest BCUT2D eigenvalue weighted by Gasteiger charge is -2.28. The van der Waals surface area contributed by atoms with Crippen molar-refractivity contribution in [1.82, 2.24) is 5.32 Å². The molecule has 0 radical (unpaired) electrons. The normalized spacial score (nSPS) is 18.8. The lowest BCUT2D eigenvalue weighted by molar-refractivity contribution is 0.325. The highest BCUT2D eigenvalue weighted by atomic mass is 32.1. The molecule has 21 heavy (non-hydrogen) atoms. The van der Waals surface area contributed by atoms with Crippen molar-refractivity contribution < 1.29 is 0 Å². The third-order valence-corrected chi connectivity index (χ3v) is 6.57. The zero-order valence-corrected chi connectivity index (χ0v) is 14.4. The minimum Gasteiger partial charge on any atom is -0.302 e. The Bertz CT molecular complexity index is 461. The van der Waals surface area contributed by atoms with Crippen LogP contribution in [0.2, 0.25) is 0 Å². The molecule has 2 heterocycles. The van der Waals surface area contributed by atoms with Gasteiger partial charge in [0.2, 0.25) is 0 Å². The lowest BCUT2D eigenvalue weighted by atomic mass is 9.92. The van der Waals surface area contributed by atoms with Gasteiger partial charge < -0.3 is 5.32 Å². The maximum Gasteiger partial charge on any atom is 0.0766 e. The number of rotatable bonds is 5. The van der Waals surface area contributed by atoms with Gasteiger partial charge in [-0.15, -0.1) is 22.7 Å². The van der Waals surface area contributed by atoms with Crippen LogP contribution in [0.25, 0.3) is 0 Å². The monoisotopic (exact) mass is 319 g/mol. The van der Waals surface area contributed by atoms with Gasteiger partial charge in [0.15, 0.2) is 0 Å². The average Bonchev–Trinajstić information content (AvgIpc) is 3.14. The van der Waals surface area contributed by atoms with Gasteiger partial charge in [0.1, 0.15) is 0 Å². The van der Waals surface area contributed by atoms with E-state index < -0.39 is 0 Å². The first-order chi connectivity index (χ1) is 10.3. The number of thiophene rings is 2. The summed E-state index contributed by atoms with van der Waals surface area (Å²) in [7, 11) is 0. The fourth-order valence-electron chi connectivity index (χ4n) is 3.43. The first-order valence-corrected chi connectivity index (χ1v) is 9.93. The van der Waals surface area contributed by atoms with E-state index in [2.05, 4.69) is 47.3 Å². The summed E-state index contributed by atoms with van der Waals surface area (Å²) in [4.78, 5) is 2.89. The van der Waals surface area contributed by atoms with Crippen molar-refractivity contribution >= 4 is 22.7 Å². The lowest BCUT2D eigenvalue weighted by Crippen LogP contribution is -2.36. The van der Waals surface area contributed by atoms with Crippen LogP contribution in [0.5, 0.6) is 0 Å². The van der Waals surface area contributed by atoms with E-state index >= 15 is 0 Å². The van der Waals surface area contributed by atoms with Crippen molar-refractivity contribution in [3.05, 3.63) is 44.8 Å². The summed E-state index contributed by atoms with van der Waals surface area (Å²) in [6.45, 7) is 2.39. The third-order valence-electron chi connectivity index (χ3n) is 4.69. The zero-order chi connectivity index (χ0) is 14.5. The molecule has 1 atom stereocenters. The van der Waals surface area contributed by atoms with E-state index in [1.807, 2.05) is 22.7 Å². The molecule has 0 saturated heterocycles. The molecule has 0 amide bonds. The second kappa shape index (κ2) is 7.57. The highest BCUT2D eigenvalue weighted by molar-refractivity contribution is 7.11. The molecular weight excluding hydrogens is 294 g/mol. The second-order valence-electron chi connectivity index (χ2n) is 6.17. The molecule has 0 spiro atoms. The molecule has 0 bridgehead atoms. The van der Waals surface area contributed by atoms with E-state index in [4.69, 9.17) is 0 Å². The van der Waals surface area contributed by atoms with Crippen molar-refractivity contribution in [1.29, 1.82) is 0 Å². The van der Waals surface area contributed by atoms with Crippen LogP contribution >= 0.6 is 22.7 Å². The predicted molar refractivity (Wildman–Crippen MR) is 94.3 cm³/mol. The van der Waals surface area contributed by atoms with Crippen molar-refractivity contribution in [2.75, 3.05) is 0 Å². The highest BCUT2D eigenvalue weighted by Gasteiger charge is 2.24. The average molecular weight is 320 g/mol. The molecule has 0 aromatic carbocycles. The van der Waals surface area contributed by atoms with Crippen LogP contribution in [0.4, 0.5) is 0 Å². The van der Waals surface area contributed by atoms with Gasteiger partial charge in [-0.05, 0) is 48.6 Å². The molecule has 0 aliphatic heterocycles. The zero-order valence-electron chi connectivity index (χ0n) is 12.8. The summed E-state index contributed by atoms with van der Waals surface area (Å²) in [5, 5.41) is 8.32. The van der Waals surface area contributed by atoms with Crippen molar-refractivity contribution in [2.45, 2.75) is 57.5 Å². The van der Waals surface area contributed by atoms with E-state index in [0.717, 1.165) is 5.92 Å². The molecule has 114 valence electrons. The van der Waals surface area contributed by atoms with Gasteiger partial charge in [-0.2, -0.15) is 0 Å². The van der Waals surface area contributed by atoms with E-state index in [-0.39, 0.29) is 0 Å². The summed E-state index contributed by atoms with van der Waals surface area (Å²) < 4.78 is 0. The maximum absolute atomic E-state index is 3.94. The van der Waals surface area contributed by atoms with Crippen LogP contribution in [0.15, 0.2) is 35.0 Å². The molecule has 3 heteroatoms. The SMILES string of the molecule is C[C@H](NC(c1cccs1)c1cccs1)C1CCCCCC1. The first-order valence-electron chi connectivity index (χ1n) is 8.17. The number of nitrogens with one attached hydrogen (secondary N) is 1. The Labute approximate surface area is 136 Å². The molecule has 1 N–H and O–H groups in total. The van der Waals surface area contributed by atoms with E-state index in [0.29, 0.717) is 12.1 Å². The van der Waals surface area contributed by atoms with E-state index in [1.165, 1.54) is 48.3 Å². The Balaban J connectivity index is 1.72. The molecule has 1 aliphatic carbocycles. The highest BCUT2D eigenvalue weighted by Crippen LogP contribution is 2.32. The maximum atomic E-state index is 3.94. The number of hydrogen-bond donors (Lipinski definition) is 1. The number of hydrogen-bond acceptors (Lipinski definition) is 3. The van der Waals surface area contributed by atoms with Gasteiger partial charge in [0.25, 0.3) is 0 Å². The molecular formula is C18H25NS2. The molecule has 1 nitrogen and oxygen atoms in total. The van der Waals surface area contributed by atoms with Gasteiger partial charge in [0, 0.05) is 15.8 Å². The quantitative estimate of drug-likeness (QED) is 0.682. The summed E-state index contributed by atoms with van der Waals surface area (Å²) in [6, 6.07) is 9.83. The van der Waals surface area contributed by atoms with Crippen LogP contribution in [0.1, 0.15) is 61.2 Å². The third kappa shape index (κ3) is 3.97. The topological polar surface area (TPSA) is 12.0 Å². The van der Waals surface area contributed by atoms with Gasteiger partial charge in [-0.1, -0.05) is 37.8 Å². The minimum atomic E-state index is 0.378. The summed E-state index contributed by atoms with van der Waals surface area (Å²) in [5.74, 6) is 0.843. The Morgan fingerprint density at radius 2 is 1.52 bits per heavy atom. The van der Waals surface area contributed by atoms with Crippen molar-refractivity contribution in [2.24, 2.45) is 5.92 Å². The van der Waals surface area contributed by atoms with Gasteiger partial charge in [-0.25, -0.2) is 0 Å². The predicted octanol–water partition coefficient (Wildman–Crippen LogP) is 5.85. The molecule has 1 saturated carbocycles. The minimum absolute atomic E-state index is 0.378. The van der Waals surface area contributed by atoms with Crippen LogP contribution in [-0.4, -0.2) is 6.04 Å². The van der Waals surface area contributed by atoms with Gasteiger partial charge in [-0.3, -0.25) is 0 Å². The Morgan fingerprint density at radius 3 is 2.00 bits per heavy atom. The summed E-state index contributed by atoms with van der Waals surface area (Å²) >= 11 is 3.73. The van der Waals surface area contributed by atoms with Crippen LogP contribution < -0.4 is 5.32 Å². The first kappa shape index (κ1) is 15.3. The Kier molecular flexibility index (Phi) is 5.50. The Morgan fingerprint density at radius 1 is 0.952 bits per heavy atom. The fraction of sp³-hybridized carbons (Fsp3) is 0.556. The molecule has 1 aliphatic rings. The molecule has 3 rings (SSSR count). The van der Waals surface area contributed by atoms with E-state index in [9.17, 15) is 0 Å². The van der Waals surface area contributed by atoms with Crippen LogP contribution in [0, 0.1) is 5.92 Å². The van der Waals surface area contributed by atoms with Crippen LogP contribution in [-0.2, 0) is 0 Å². The molecule has 0 unspecified atom stereocenters. The van der Waals surface area contributed by atoms with Gasteiger partial charge in [0.05, 0.1) is 6.04 Å². The summed E-state index contributed by atoms with van der Waals surface area (Å²) in [5.41, 5.74) is 0. The molecule has 2 aromatic rings. The summed E-state index contributed by atoms with van der Waals surface area (Å²) in [6.07, 6.45) is 8.50. The Hall–Kier alpha value is -0.640. The largest absolute Gasteiger partial charge is 0.302 e. The van der Waals surface area contributed by atoms with Crippen molar-refractivity contribution in [3.8, 4) is 0 Å². The smallest absolute Gasteiger partial charge is 0.0766 e. The van der Waals surface area contributed by atoms with Crippen molar-refractivity contribution in [3.63, 3.8) is 0 Å². The van der Waals surface area contributed by atoms with Gasteiger partial charge >= 0.3 is 0 Å².